The number of hydrogen-bond acceptors (Lipinski definition) is 0. The van der Waals surface area contributed by atoms with Gasteiger partial charge in [-0.25, -0.2) is 0 Å². The molecule has 48 valence electrons. The largest absolute Gasteiger partial charge is 0.103 e. The maximum Gasteiger partial charge on any atom is 0.0242 e. The summed E-state index contributed by atoms with van der Waals surface area (Å²) in [7, 11) is 0.246. The minimum absolute atomic E-state index is 0.246. The van der Waals surface area contributed by atoms with Gasteiger partial charge in [0.15, 0.2) is 0 Å². The van der Waals surface area contributed by atoms with Gasteiger partial charge in [0.25, 0.3) is 0 Å². The fourth-order valence-electron chi connectivity index (χ4n) is 0.670. The van der Waals surface area contributed by atoms with E-state index in [0.717, 1.165) is 5.92 Å². The summed E-state index contributed by atoms with van der Waals surface area (Å²) in [5.74, 6) is 0.918. The Morgan fingerprint density at radius 3 is 2.62 bits per heavy atom. The molecule has 0 aliphatic carbocycles. The van der Waals surface area contributed by atoms with Gasteiger partial charge in [0.05, 0.1) is 0 Å². The summed E-state index contributed by atoms with van der Waals surface area (Å²) in [6.07, 6.45) is 2.05. The second kappa shape index (κ2) is 5.10. The first-order chi connectivity index (χ1) is 3.77. The van der Waals surface area contributed by atoms with E-state index < -0.39 is 0 Å². The van der Waals surface area contributed by atoms with Crippen LogP contribution in [0.15, 0.2) is 12.7 Å². The van der Waals surface area contributed by atoms with E-state index in [4.69, 9.17) is 0 Å². The molecule has 8 heavy (non-hydrogen) atoms. The molecule has 0 aromatic rings. The maximum atomic E-state index is 3.69. The van der Waals surface area contributed by atoms with Crippen LogP contribution in [0.3, 0.4) is 0 Å². The summed E-state index contributed by atoms with van der Waals surface area (Å²) < 4.78 is 0. The Morgan fingerprint density at radius 2 is 2.25 bits per heavy atom. The van der Waals surface area contributed by atoms with Gasteiger partial charge >= 0.3 is 0 Å². The monoisotopic (exact) mass is 128 g/mol. The van der Waals surface area contributed by atoms with Gasteiger partial charge < -0.3 is 0 Å². The standard InChI is InChI=1S/C7H16Si/c1-4-5-8-6-7(2)3/h4,7H,1,5-6,8H2,2-3H3. The minimum atomic E-state index is 0.246. The second-order valence-electron chi connectivity index (χ2n) is 2.61. The predicted molar refractivity (Wildman–Crippen MR) is 43.2 cm³/mol. The van der Waals surface area contributed by atoms with Crippen LogP contribution >= 0.6 is 0 Å². The van der Waals surface area contributed by atoms with Crippen LogP contribution in [0, 0.1) is 5.92 Å². The molecule has 0 saturated heterocycles. The van der Waals surface area contributed by atoms with Crippen molar-refractivity contribution in [3.05, 3.63) is 12.7 Å². The molecule has 0 nitrogen and oxygen atoms in total. The van der Waals surface area contributed by atoms with Crippen molar-refractivity contribution in [3.63, 3.8) is 0 Å². The first-order valence-electron chi connectivity index (χ1n) is 3.38. The summed E-state index contributed by atoms with van der Waals surface area (Å²) in [4.78, 5) is 0. The first-order valence-corrected chi connectivity index (χ1v) is 5.38. The van der Waals surface area contributed by atoms with E-state index in [2.05, 4.69) is 26.5 Å². The van der Waals surface area contributed by atoms with Gasteiger partial charge in [0, 0.05) is 9.52 Å². The van der Waals surface area contributed by atoms with Crippen LogP contribution in [0.4, 0.5) is 0 Å². The van der Waals surface area contributed by atoms with Gasteiger partial charge in [-0.05, 0) is 12.0 Å². The van der Waals surface area contributed by atoms with Crippen LogP contribution in [0.5, 0.6) is 0 Å². The number of allylic oxidation sites excluding steroid dienone is 1. The molecule has 0 bridgehead atoms. The zero-order valence-corrected chi connectivity index (χ0v) is 7.40. The van der Waals surface area contributed by atoms with E-state index in [0.29, 0.717) is 0 Å². The lowest BCUT2D eigenvalue weighted by Gasteiger charge is -1.98. The molecule has 0 aromatic carbocycles. The predicted octanol–water partition coefficient (Wildman–Crippen LogP) is 1.83. The van der Waals surface area contributed by atoms with Crippen molar-refractivity contribution in [3.8, 4) is 0 Å². The SMILES string of the molecule is C=CC[SiH2]CC(C)C. The van der Waals surface area contributed by atoms with Crippen molar-refractivity contribution in [2.24, 2.45) is 5.92 Å². The van der Waals surface area contributed by atoms with E-state index in [1.54, 1.807) is 0 Å². The third-order valence-electron chi connectivity index (χ3n) is 1.19. The van der Waals surface area contributed by atoms with Crippen LogP contribution in [-0.2, 0) is 0 Å². The highest BCUT2D eigenvalue weighted by Gasteiger charge is 1.90. The Hall–Kier alpha value is -0.0431. The minimum Gasteiger partial charge on any atom is -0.103 e. The normalized spacial score (nSPS) is 11.4. The fraction of sp³-hybridized carbons (Fsp3) is 0.714. The summed E-state index contributed by atoms with van der Waals surface area (Å²) in [5, 5.41) is 0. The van der Waals surface area contributed by atoms with E-state index in [1.807, 2.05) is 0 Å². The summed E-state index contributed by atoms with van der Waals surface area (Å²) in [6.45, 7) is 8.27. The van der Waals surface area contributed by atoms with Crippen molar-refractivity contribution in [2.45, 2.75) is 25.9 Å². The smallest absolute Gasteiger partial charge is 0.0242 e. The molecule has 0 aliphatic rings. The van der Waals surface area contributed by atoms with E-state index >= 15 is 0 Å². The molecule has 0 unspecified atom stereocenters. The van der Waals surface area contributed by atoms with Gasteiger partial charge in [-0.15, -0.1) is 6.58 Å². The second-order valence-corrected chi connectivity index (χ2v) is 4.48. The van der Waals surface area contributed by atoms with Gasteiger partial charge in [0.1, 0.15) is 0 Å². The van der Waals surface area contributed by atoms with Crippen LogP contribution in [-0.4, -0.2) is 9.52 Å². The van der Waals surface area contributed by atoms with Crippen LogP contribution < -0.4 is 0 Å². The summed E-state index contributed by atoms with van der Waals surface area (Å²) >= 11 is 0. The molecule has 0 saturated carbocycles. The van der Waals surface area contributed by atoms with Crippen molar-refractivity contribution in [1.82, 2.24) is 0 Å². The Kier molecular flexibility index (Phi) is 5.07. The lowest BCUT2D eigenvalue weighted by Crippen LogP contribution is -1.92. The Balaban J connectivity index is 2.81. The molecule has 0 rings (SSSR count). The first kappa shape index (κ1) is 7.96. The highest BCUT2D eigenvalue weighted by molar-refractivity contribution is 6.36. The zero-order valence-electron chi connectivity index (χ0n) is 5.98. The quantitative estimate of drug-likeness (QED) is 0.308. The third-order valence-corrected chi connectivity index (χ3v) is 3.57. The maximum absolute atomic E-state index is 3.69. The van der Waals surface area contributed by atoms with E-state index in [1.165, 1.54) is 12.1 Å². The fourth-order valence-corrected chi connectivity index (χ4v) is 2.01. The van der Waals surface area contributed by atoms with E-state index in [9.17, 15) is 0 Å². The Morgan fingerprint density at radius 1 is 1.62 bits per heavy atom. The van der Waals surface area contributed by atoms with Gasteiger partial charge in [-0.2, -0.15) is 0 Å². The third kappa shape index (κ3) is 5.96. The Labute approximate surface area is 54.8 Å². The summed E-state index contributed by atoms with van der Waals surface area (Å²) in [6, 6.07) is 2.80. The average molecular weight is 128 g/mol. The lowest BCUT2D eigenvalue weighted by atomic mass is 10.3. The molecule has 0 N–H and O–H groups in total. The molecule has 0 aromatic heterocycles. The Bertz CT molecular complexity index is 57.4. The van der Waals surface area contributed by atoms with Crippen molar-refractivity contribution >= 4 is 9.52 Å². The van der Waals surface area contributed by atoms with Crippen LogP contribution in [0.1, 0.15) is 13.8 Å². The molecule has 0 amide bonds. The highest BCUT2D eigenvalue weighted by atomic mass is 28.2. The highest BCUT2D eigenvalue weighted by Crippen LogP contribution is 1.99. The molecule has 0 radical (unpaired) electrons. The van der Waals surface area contributed by atoms with Crippen molar-refractivity contribution in [2.75, 3.05) is 0 Å². The van der Waals surface area contributed by atoms with Crippen LogP contribution in [0.2, 0.25) is 12.1 Å². The van der Waals surface area contributed by atoms with Crippen molar-refractivity contribution in [1.29, 1.82) is 0 Å². The van der Waals surface area contributed by atoms with Gasteiger partial charge in [0.2, 0.25) is 0 Å². The van der Waals surface area contributed by atoms with E-state index in [-0.39, 0.29) is 9.52 Å². The molecule has 0 fully saturated rings. The topological polar surface area (TPSA) is 0 Å². The lowest BCUT2D eigenvalue weighted by molar-refractivity contribution is 0.730. The van der Waals surface area contributed by atoms with Crippen LogP contribution in [0.25, 0.3) is 0 Å². The molecule has 0 atom stereocenters. The molecule has 1 heteroatoms. The molecule has 0 aliphatic heterocycles. The van der Waals surface area contributed by atoms with Gasteiger partial charge in [-0.3, -0.25) is 0 Å². The van der Waals surface area contributed by atoms with Gasteiger partial charge in [-0.1, -0.05) is 26.0 Å². The summed E-state index contributed by atoms with van der Waals surface area (Å²) in [5.41, 5.74) is 0. The molecule has 0 heterocycles. The number of hydrogen-bond donors (Lipinski definition) is 0. The zero-order chi connectivity index (χ0) is 6.41. The molecular formula is C7H16Si. The average Bonchev–Trinajstić information content (AvgIpc) is 1.66. The molecule has 0 spiro atoms. The number of rotatable bonds is 4. The van der Waals surface area contributed by atoms with Crippen molar-refractivity contribution < 1.29 is 0 Å². The molecular weight excluding hydrogens is 112 g/mol.